The molecule has 0 radical (unpaired) electrons. The van der Waals surface area contributed by atoms with Crippen LogP contribution in [0.15, 0.2) is 115 Å². The van der Waals surface area contributed by atoms with E-state index in [1.54, 1.807) is 0 Å². The second-order valence-electron chi connectivity index (χ2n) is 12.6. The third-order valence-corrected chi connectivity index (χ3v) is 10.5. The number of benzene rings is 6. The summed E-state index contributed by atoms with van der Waals surface area (Å²) in [5.41, 5.74) is 20.4. The standard InChI is InChI=1S/C40H28BN/c1-23-21-24(2)36(25(3)22-23)41-34-19-9-14-29-28-13-8-17-32-37(28)42(38(29)34)39-33(18-10-20-35(39)41)40(32)30-15-6-4-11-26(30)27-12-5-7-16-31(27)40/h4-22H,1-3H3. The summed E-state index contributed by atoms with van der Waals surface area (Å²) in [5.74, 6) is 0. The zero-order valence-corrected chi connectivity index (χ0v) is 24.0. The monoisotopic (exact) mass is 533 g/mol. The number of hydrogen-bond donors (Lipinski definition) is 0. The van der Waals surface area contributed by atoms with Crippen LogP contribution in [0.3, 0.4) is 0 Å². The minimum atomic E-state index is -0.373. The summed E-state index contributed by atoms with van der Waals surface area (Å²) >= 11 is 0. The molecule has 2 heteroatoms. The van der Waals surface area contributed by atoms with Crippen LogP contribution >= 0.6 is 0 Å². The van der Waals surface area contributed by atoms with Gasteiger partial charge in [0.25, 0.3) is 0 Å². The molecule has 3 heterocycles. The van der Waals surface area contributed by atoms with E-state index >= 15 is 0 Å². The quantitative estimate of drug-likeness (QED) is 0.197. The average molecular weight is 533 g/mol. The van der Waals surface area contributed by atoms with E-state index in [4.69, 9.17) is 0 Å². The smallest absolute Gasteiger partial charge is 0.247 e. The lowest BCUT2D eigenvalue weighted by atomic mass is 9.34. The second-order valence-corrected chi connectivity index (χ2v) is 12.6. The number of para-hydroxylation sites is 3. The van der Waals surface area contributed by atoms with Gasteiger partial charge in [0.1, 0.15) is 0 Å². The van der Waals surface area contributed by atoms with Crippen molar-refractivity contribution in [2.24, 2.45) is 0 Å². The lowest BCUT2D eigenvalue weighted by Crippen LogP contribution is -2.58. The first kappa shape index (κ1) is 22.8. The lowest BCUT2D eigenvalue weighted by Gasteiger charge is -2.42. The van der Waals surface area contributed by atoms with Gasteiger partial charge in [-0.2, -0.15) is 0 Å². The van der Waals surface area contributed by atoms with Crippen LogP contribution in [0.1, 0.15) is 38.9 Å². The van der Waals surface area contributed by atoms with Crippen molar-refractivity contribution < 1.29 is 0 Å². The van der Waals surface area contributed by atoms with E-state index in [0.717, 1.165) is 0 Å². The fourth-order valence-electron chi connectivity index (χ4n) is 9.33. The molecule has 196 valence electrons. The highest BCUT2D eigenvalue weighted by atomic mass is 15.0. The third-order valence-electron chi connectivity index (χ3n) is 10.5. The molecule has 6 aromatic carbocycles. The van der Waals surface area contributed by atoms with Crippen LogP contribution in [0.5, 0.6) is 0 Å². The summed E-state index contributed by atoms with van der Waals surface area (Å²) in [7, 11) is 0. The topological polar surface area (TPSA) is 4.93 Å². The van der Waals surface area contributed by atoms with E-state index < -0.39 is 0 Å². The Morgan fingerprint density at radius 2 is 1.07 bits per heavy atom. The Labute approximate surface area is 246 Å². The van der Waals surface area contributed by atoms with E-state index in [0.29, 0.717) is 0 Å². The third kappa shape index (κ3) is 2.39. The first-order valence-electron chi connectivity index (χ1n) is 15.1. The largest absolute Gasteiger partial charge is 0.310 e. The van der Waals surface area contributed by atoms with Gasteiger partial charge >= 0.3 is 0 Å². The van der Waals surface area contributed by atoms with Gasteiger partial charge in [0.15, 0.2) is 0 Å². The van der Waals surface area contributed by atoms with Crippen LogP contribution in [-0.4, -0.2) is 11.3 Å². The molecule has 0 N–H and O–H groups in total. The molecule has 2 aliphatic heterocycles. The highest BCUT2D eigenvalue weighted by Crippen LogP contribution is 2.60. The number of rotatable bonds is 1. The molecular formula is C40H28BN. The maximum Gasteiger partial charge on any atom is 0.247 e. The molecule has 0 saturated carbocycles. The Balaban J connectivity index is 1.48. The van der Waals surface area contributed by atoms with Gasteiger partial charge in [0, 0.05) is 22.0 Å². The van der Waals surface area contributed by atoms with Gasteiger partial charge in [-0.3, -0.25) is 0 Å². The highest BCUT2D eigenvalue weighted by Gasteiger charge is 2.52. The summed E-state index contributed by atoms with van der Waals surface area (Å²) in [6.07, 6.45) is 0. The Hall–Kier alpha value is -4.82. The van der Waals surface area contributed by atoms with Crippen molar-refractivity contribution in [1.82, 2.24) is 4.57 Å². The summed E-state index contributed by atoms with van der Waals surface area (Å²) in [6.45, 7) is 7.00. The molecular weight excluding hydrogens is 505 g/mol. The number of fused-ring (bicyclic) bond motifs is 8. The molecule has 0 amide bonds. The molecule has 7 aromatic rings. The maximum atomic E-state index is 2.64. The van der Waals surface area contributed by atoms with E-state index in [2.05, 4.69) is 141 Å². The van der Waals surface area contributed by atoms with Gasteiger partial charge in [-0.15, -0.1) is 0 Å². The number of nitrogens with zero attached hydrogens (tertiary/aromatic N) is 1. The van der Waals surface area contributed by atoms with Crippen LogP contribution in [-0.2, 0) is 5.41 Å². The zero-order valence-electron chi connectivity index (χ0n) is 24.0. The van der Waals surface area contributed by atoms with Gasteiger partial charge in [-0.05, 0) is 65.1 Å². The van der Waals surface area contributed by atoms with Crippen LogP contribution in [0.2, 0.25) is 0 Å². The van der Waals surface area contributed by atoms with Crippen LogP contribution in [0.4, 0.5) is 0 Å². The van der Waals surface area contributed by atoms with Gasteiger partial charge in [-0.25, -0.2) is 0 Å². The molecule has 0 fully saturated rings. The molecule has 0 bridgehead atoms. The Morgan fingerprint density at radius 3 is 1.79 bits per heavy atom. The minimum Gasteiger partial charge on any atom is -0.310 e. The van der Waals surface area contributed by atoms with E-state index in [9.17, 15) is 0 Å². The van der Waals surface area contributed by atoms with Crippen LogP contribution in [0.25, 0.3) is 38.6 Å². The van der Waals surface area contributed by atoms with Crippen molar-refractivity contribution in [3.8, 4) is 16.8 Å². The van der Waals surface area contributed by atoms with Gasteiger partial charge in [0.2, 0.25) is 6.71 Å². The average Bonchev–Trinajstić information content (AvgIpc) is 3.50. The summed E-state index contributed by atoms with van der Waals surface area (Å²) < 4.78 is 2.64. The van der Waals surface area contributed by atoms with E-state index in [1.807, 2.05) is 0 Å². The van der Waals surface area contributed by atoms with E-state index in [1.165, 1.54) is 94.0 Å². The number of hydrogen-bond acceptors (Lipinski definition) is 0. The molecule has 1 aromatic heterocycles. The predicted molar refractivity (Wildman–Crippen MR) is 177 cm³/mol. The van der Waals surface area contributed by atoms with Crippen molar-refractivity contribution in [3.63, 3.8) is 0 Å². The Morgan fingerprint density at radius 1 is 0.524 bits per heavy atom. The van der Waals surface area contributed by atoms with Crippen LogP contribution < -0.4 is 16.4 Å². The molecule has 42 heavy (non-hydrogen) atoms. The van der Waals surface area contributed by atoms with Crippen molar-refractivity contribution in [2.45, 2.75) is 26.2 Å². The fraction of sp³-hybridized carbons (Fsp3) is 0.100. The minimum absolute atomic E-state index is 0.173. The van der Waals surface area contributed by atoms with Crippen LogP contribution in [0, 0.1) is 20.8 Å². The van der Waals surface area contributed by atoms with Crippen molar-refractivity contribution in [2.75, 3.05) is 0 Å². The lowest BCUT2D eigenvalue weighted by molar-refractivity contribution is 0.750. The van der Waals surface area contributed by atoms with Gasteiger partial charge < -0.3 is 4.57 Å². The highest BCUT2D eigenvalue weighted by molar-refractivity contribution is 6.98. The summed E-state index contributed by atoms with van der Waals surface area (Å²) in [4.78, 5) is 0. The summed E-state index contributed by atoms with van der Waals surface area (Å²) in [5, 5.41) is 2.71. The fourth-order valence-corrected chi connectivity index (χ4v) is 9.33. The Bertz CT molecular complexity index is 2280. The van der Waals surface area contributed by atoms with Crippen molar-refractivity contribution in [3.05, 3.63) is 154 Å². The molecule has 0 unspecified atom stereocenters. The molecule has 0 atom stereocenters. The molecule has 10 rings (SSSR count). The summed E-state index contributed by atoms with van der Waals surface area (Å²) in [6, 6.07) is 44.2. The predicted octanol–water partition coefficient (Wildman–Crippen LogP) is 7.22. The second kappa shape index (κ2) is 7.52. The maximum absolute atomic E-state index is 2.64. The van der Waals surface area contributed by atoms with Crippen molar-refractivity contribution >= 4 is 44.9 Å². The molecule has 0 saturated heterocycles. The first-order chi connectivity index (χ1) is 20.6. The van der Waals surface area contributed by atoms with Gasteiger partial charge in [-0.1, -0.05) is 137 Å². The Kier molecular flexibility index (Phi) is 4.09. The molecule has 1 spiro atoms. The zero-order chi connectivity index (χ0) is 27.9. The number of aryl methyl sites for hydroxylation is 3. The molecule has 1 nitrogen and oxygen atoms in total. The molecule has 3 aliphatic rings. The van der Waals surface area contributed by atoms with E-state index in [-0.39, 0.29) is 12.1 Å². The SMILES string of the molecule is Cc1cc(C)c(B2c3cccc4c3-n3c5c2cccc5c2cccc(c23)C42c3ccccc3-c3ccccc32)c(C)c1. The number of aromatic nitrogens is 1. The first-order valence-corrected chi connectivity index (χ1v) is 15.1. The normalized spacial score (nSPS) is 14.7. The van der Waals surface area contributed by atoms with Crippen molar-refractivity contribution in [1.29, 1.82) is 0 Å². The van der Waals surface area contributed by atoms with Gasteiger partial charge in [0.05, 0.1) is 10.9 Å². The molecule has 1 aliphatic carbocycles.